The molecule has 0 unspecified atom stereocenters. The van der Waals surface area contributed by atoms with E-state index in [1.807, 2.05) is 24.3 Å². The van der Waals surface area contributed by atoms with E-state index >= 15 is 0 Å². The highest BCUT2D eigenvalue weighted by atomic mass is 32.1. The highest BCUT2D eigenvalue weighted by molar-refractivity contribution is 7.64. The number of hydrogen-bond donors (Lipinski definition) is 0. The van der Waals surface area contributed by atoms with E-state index in [0.29, 0.717) is 34.8 Å². The molecule has 0 saturated heterocycles. The summed E-state index contributed by atoms with van der Waals surface area (Å²) >= 11 is 1.09. The van der Waals surface area contributed by atoms with Crippen LogP contribution in [0.15, 0.2) is 24.3 Å². The third-order valence-corrected chi connectivity index (χ3v) is 2.34. The van der Waals surface area contributed by atoms with Crippen LogP contribution in [0.5, 0.6) is 0 Å². The number of benzene rings is 1. The summed E-state index contributed by atoms with van der Waals surface area (Å²) in [5.74, 6) is 0.939. The summed E-state index contributed by atoms with van der Waals surface area (Å²) in [6, 6.07) is 7.56. The zero-order valence-corrected chi connectivity index (χ0v) is 7.99. The molecule has 4 heteroatoms. The second kappa shape index (κ2) is 5.00. The Morgan fingerprint density at radius 3 is 1.92 bits per heavy atom. The van der Waals surface area contributed by atoms with Gasteiger partial charge in [0, 0.05) is 19.5 Å². The molecular weight excluding hydrogens is 192 g/mol. The lowest BCUT2D eigenvalue weighted by Crippen LogP contribution is -1.86. The fourth-order valence-corrected chi connectivity index (χ4v) is 1.58. The van der Waals surface area contributed by atoms with Gasteiger partial charge >= 0.3 is 23.3 Å². The molecular formula is C8H8O2S2+2. The molecule has 0 aromatic heterocycles. The van der Waals surface area contributed by atoms with Crippen molar-refractivity contribution >= 4 is 23.3 Å². The zero-order chi connectivity index (χ0) is 8.81. The van der Waals surface area contributed by atoms with Crippen LogP contribution in [0, 0.1) is 0 Å². The van der Waals surface area contributed by atoms with Crippen LogP contribution in [0.1, 0.15) is 11.1 Å². The van der Waals surface area contributed by atoms with Crippen molar-refractivity contribution in [2.45, 2.75) is 11.5 Å². The Morgan fingerprint density at radius 1 is 1.00 bits per heavy atom. The van der Waals surface area contributed by atoms with Gasteiger partial charge in [0.1, 0.15) is 0 Å². The van der Waals surface area contributed by atoms with Crippen LogP contribution in [0.4, 0.5) is 0 Å². The fraction of sp³-hybridized carbons (Fsp3) is 0.250. The summed E-state index contributed by atoms with van der Waals surface area (Å²) in [6.45, 7) is 0. The molecule has 0 atom stereocenters. The minimum atomic E-state index is 0.470. The molecule has 62 valence electrons. The fourth-order valence-electron chi connectivity index (χ4n) is 0.945. The molecule has 0 aliphatic heterocycles. The number of rotatable bonds is 4. The third-order valence-electron chi connectivity index (χ3n) is 1.44. The summed E-state index contributed by atoms with van der Waals surface area (Å²) in [5.41, 5.74) is 1.98. The summed E-state index contributed by atoms with van der Waals surface area (Å²) < 4.78 is 20.4. The van der Waals surface area contributed by atoms with Crippen LogP contribution in [-0.2, 0) is 43.3 Å². The van der Waals surface area contributed by atoms with E-state index in [1.54, 1.807) is 0 Å². The molecule has 0 aliphatic carbocycles. The molecule has 0 amide bonds. The quantitative estimate of drug-likeness (QED) is 0.691. The monoisotopic (exact) mass is 200 g/mol. The largest absolute Gasteiger partial charge is 0.463 e. The van der Waals surface area contributed by atoms with Gasteiger partial charge in [0.25, 0.3) is 11.5 Å². The van der Waals surface area contributed by atoms with E-state index in [-0.39, 0.29) is 0 Å². The van der Waals surface area contributed by atoms with Gasteiger partial charge in [-0.25, -0.2) is 0 Å². The van der Waals surface area contributed by atoms with Crippen molar-refractivity contribution in [2.75, 3.05) is 0 Å². The van der Waals surface area contributed by atoms with E-state index in [9.17, 15) is 8.42 Å². The van der Waals surface area contributed by atoms with Crippen molar-refractivity contribution in [1.82, 2.24) is 0 Å². The molecule has 0 N–H and O–H groups in total. The van der Waals surface area contributed by atoms with Crippen molar-refractivity contribution in [1.29, 1.82) is 0 Å². The topological polar surface area (TPSA) is 34.1 Å². The van der Waals surface area contributed by atoms with Gasteiger partial charge in [-0.2, -0.15) is 0 Å². The van der Waals surface area contributed by atoms with E-state index in [2.05, 4.69) is 0 Å². The first-order valence-corrected chi connectivity index (χ1v) is 5.26. The van der Waals surface area contributed by atoms with E-state index in [0.717, 1.165) is 11.1 Å². The van der Waals surface area contributed by atoms with Crippen molar-refractivity contribution in [3.05, 3.63) is 35.4 Å². The Bertz CT molecular complexity index is 261. The second-order valence-electron chi connectivity index (χ2n) is 2.34. The average molecular weight is 200 g/mol. The minimum absolute atomic E-state index is 0.470. The van der Waals surface area contributed by atoms with Gasteiger partial charge in [-0.3, -0.25) is 0 Å². The molecule has 0 radical (unpaired) electrons. The minimum Gasteiger partial charge on any atom is -0.0613 e. The van der Waals surface area contributed by atoms with Crippen molar-refractivity contribution < 1.29 is 8.42 Å². The van der Waals surface area contributed by atoms with Crippen LogP contribution >= 0.6 is 0 Å². The number of hydrogen-bond acceptors (Lipinski definition) is 2. The highest BCUT2D eigenvalue weighted by Crippen LogP contribution is 2.06. The lowest BCUT2D eigenvalue weighted by Gasteiger charge is -1.90. The molecule has 0 bridgehead atoms. The Morgan fingerprint density at radius 2 is 1.50 bits per heavy atom. The summed E-state index contributed by atoms with van der Waals surface area (Å²) in [5, 5.41) is 0. The third kappa shape index (κ3) is 2.71. The van der Waals surface area contributed by atoms with Gasteiger partial charge in [-0.1, -0.05) is 18.2 Å². The van der Waals surface area contributed by atoms with Crippen LogP contribution in [0.25, 0.3) is 0 Å². The molecule has 0 spiro atoms. The van der Waals surface area contributed by atoms with Gasteiger partial charge in [-0.05, 0) is 6.07 Å². The van der Waals surface area contributed by atoms with Gasteiger partial charge < -0.3 is 0 Å². The molecule has 0 heterocycles. The lowest BCUT2D eigenvalue weighted by atomic mass is 10.2. The highest BCUT2D eigenvalue weighted by Gasteiger charge is 2.06. The van der Waals surface area contributed by atoms with Crippen LogP contribution in [0.2, 0.25) is 0 Å². The molecule has 0 saturated carbocycles. The SMILES string of the molecule is O=[S+]Cc1cccc(C[S+]=O)c1. The maximum atomic E-state index is 10.2. The van der Waals surface area contributed by atoms with Gasteiger partial charge in [0.15, 0.2) is 0 Å². The molecule has 1 aromatic carbocycles. The Labute approximate surface area is 79.0 Å². The molecule has 1 rings (SSSR count). The molecule has 1 aromatic rings. The first-order valence-electron chi connectivity index (χ1n) is 3.44. The van der Waals surface area contributed by atoms with Gasteiger partial charge in [0.05, 0.1) is 0 Å². The summed E-state index contributed by atoms with van der Waals surface area (Å²) in [4.78, 5) is 0. The Balaban J connectivity index is 2.79. The first kappa shape index (κ1) is 9.35. The maximum absolute atomic E-state index is 10.2. The standard InChI is InChI=1S/C8H8O2S2/c9-11-5-7-2-1-3-8(4-7)6-12-10/h1-4H,5-6H2/q+2. The van der Waals surface area contributed by atoms with Crippen LogP contribution in [0.3, 0.4) is 0 Å². The van der Waals surface area contributed by atoms with Gasteiger partial charge in [0.2, 0.25) is 0 Å². The van der Waals surface area contributed by atoms with Crippen molar-refractivity contribution in [3.63, 3.8) is 0 Å². The molecule has 2 nitrogen and oxygen atoms in total. The lowest BCUT2D eigenvalue weighted by molar-refractivity contribution is 0.604. The predicted octanol–water partition coefficient (Wildman–Crippen LogP) is 1.54. The Hall–Kier alpha value is -0.740. The van der Waals surface area contributed by atoms with Gasteiger partial charge in [-0.15, -0.1) is 0 Å². The van der Waals surface area contributed by atoms with Crippen LogP contribution in [-0.4, -0.2) is 0 Å². The predicted molar refractivity (Wildman–Crippen MR) is 50.0 cm³/mol. The second-order valence-corrected chi connectivity index (χ2v) is 3.39. The maximum Gasteiger partial charge on any atom is 0.463 e. The van der Waals surface area contributed by atoms with Crippen molar-refractivity contribution in [2.24, 2.45) is 0 Å². The molecule has 12 heavy (non-hydrogen) atoms. The molecule has 0 aliphatic rings. The average Bonchev–Trinajstić information content (AvgIpc) is 2.06. The van der Waals surface area contributed by atoms with E-state index in [4.69, 9.17) is 0 Å². The summed E-state index contributed by atoms with van der Waals surface area (Å²) in [6.07, 6.45) is 0. The zero-order valence-electron chi connectivity index (χ0n) is 6.36. The Kier molecular flexibility index (Phi) is 3.90. The van der Waals surface area contributed by atoms with E-state index in [1.165, 1.54) is 0 Å². The first-order chi connectivity index (χ1) is 5.86. The summed E-state index contributed by atoms with van der Waals surface area (Å²) in [7, 11) is 0. The normalized spacial score (nSPS) is 9.33. The van der Waals surface area contributed by atoms with Crippen LogP contribution < -0.4 is 0 Å². The molecule has 0 fully saturated rings. The van der Waals surface area contributed by atoms with E-state index < -0.39 is 0 Å². The smallest absolute Gasteiger partial charge is 0.0613 e. The van der Waals surface area contributed by atoms with Crippen molar-refractivity contribution in [3.8, 4) is 0 Å².